The van der Waals surface area contributed by atoms with Gasteiger partial charge >= 0.3 is 0 Å². The maximum absolute atomic E-state index is 10.5. The molecule has 1 aromatic rings. The lowest BCUT2D eigenvalue weighted by molar-refractivity contribution is 0.262. The monoisotopic (exact) mass is 282 g/mol. The van der Waals surface area contributed by atoms with Gasteiger partial charge in [0, 0.05) is 33.7 Å². The van der Waals surface area contributed by atoms with Gasteiger partial charge in [-0.25, -0.2) is 4.98 Å². The molecule has 1 heterocycles. The number of aromatic nitrogens is 1. The van der Waals surface area contributed by atoms with Gasteiger partial charge in [0.05, 0.1) is 6.54 Å². The number of nitrogens with zero attached hydrogens (tertiary/aromatic N) is 1. The molecule has 0 aromatic carbocycles. The van der Waals surface area contributed by atoms with Crippen LogP contribution in [0.1, 0.15) is 10.7 Å². The second-order valence-electron chi connectivity index (χ2n) is 2.01. The first-order chi connectivity index (χ1) is 5.18. The summed E-state index contributed by atoms with van der Waals surface area (Å²) in [6.45, 7) is 2.48. The summed E-state index contributed by atoms with van der Waals surface area (Å²) in [7, 11) is 0. The summed E-state index contributed by atoms with van der Waals surface area (Å²) in [6, 6.07) is 0. The van der Waals surface area contributed by atoms with Crippen LogP contribution in [0.15, 0.2) is 5.38 Å². The molecule has 1 rings (SSSR count). The van der Waals surface area contributed by atoms with E-state index in [2.05, 4.69) is 10.3 Å². The number of hydrogen-bond donors (Lipinski definition) is 1. The number of hydrogen-bond acceptors (Lipinski definition) is 3. The van der Waals surface area contributed by atoms with E-state index in [0.29, 0.717) is 6.54 Å². The Balaban J connectivity index is 2.45. The molecular formula is C6H7IN2OS. The van der Waals surface area contributed by atoms with Crippen LogP contribution >= 0.6 is 33.9 Å². The van der Waals surface area contributed by atoms with Crippen molar-refractivity contribution in [3.63, 3.8) is 0 Å². The van der Waals surface area contributed by atoms with Crippen molar-refractivity contribution in [3.05, 3.63) is 16.1 Å². The van der Waals surface area contributed by atoms with Crippen molar-refractivity contribution < 1.29 is 4.79 Å². The molecule has 5 heteroatoms. The molecule has 0 spiro atoms. The van der Waals surface area contributed by atoms with Crippen LogP contribution in [-0.2, 0) is 6.54 Å². The van der Waals surface area contributed by atoms with E-state index in [-0.39, 0.29) is 3.91 Å². The van der Waals surface area contributed by atoms with Gasteiger partial charge in [-0.3, -0.25) is 4.79 Å². The van der Waals surface area contributed by atoms with Crippen LogP contribution < -0.4 is 5.32 Å². The van der Waals surface area contributed by atoms with Crippen molar-refractivity contribution >= 4 is 37.8 Å². The molecule has 0 bridgehead atoms. The fourth-order valence-corrected chi connectivity index (χ4v) is 1.53. The topological polar surface area (TPSA) is 42.0 Å². The van der Waals surface area contributed by atoms with E-state index in [0.717, 1.165) is 10.7 Å². The van der Waals surface area contributed by atoms with Crippen LogP contribution in [0.25, 0.3) is 0 Å². The molecule has 0 radical (unpaired) electrons. The normalized spacial score (nSPS) is 9.64. The number of aryl methyl sites for hydroxylation is 1. The number of halogens is 1. The first-order valence-electron chi connectivity index (χ1n) is 3.03. The number of nitrogens with one attached hydrogen (secondary N) is 1. The van der Waals surface area contributed by atoms with Crippen LogP contribution in [0.5, 0.6) is 0 Å². The predicted octanol–water partition coefficient (Wildman–Crippen LogP) is 2.10. The fraction of sp³-hybridized carbons (Fsp3) is 0.333. The number of amides is 1. The summed E-state index contributed by atoms with van der Waals surface area (Å²) in [6.07, 6.45) is 0. The van der Waals surface area contributed by atoms with Crippen LogP contribution in [0.4, 0.5) is 4.79 Å². The minimum Gasteiger partial charge on any atom is -0.341 e. The smallest absolute Gasteiger partial charge is 0.280 e. The predicted molar refractivity (Wildman–Crippen MR) is 53.1 cm³/mol. The van der Waals surface area contributed by atoms with Crippen molar-refractivity contribution in [2.75, 3.05) is 0 Å². The van der Waals surface area contributed by atoms with E-state index in [1.807, 2.05) is 12.3 Å². The Kier molecular flexibility index (Phi) is 3.25. The average Bonchev–Trinajstić information content (AvgIpc) is 2.31. The number of rotatable bonds is 2. The summed E-state index contributed by atoms with van der Waals surface area (Å²) in [5, 5.41) is 5.59. The van der Waals surface area contributed by atoms with Gasteiger partial charge in [0.25, 0.3) is 3.91 Å². The van der Waals surface area contributed by atoms with Gasteiger partial charge in [0.1, 0.15) is 5.01 Å². The quantitative estimate of drug-likeness (QED) is 0.513. The highest BCUT2D eigenvalue weighted by molar-refractivity contribution is 14.1. The highest BCUT2D eigenvalue weighted by Crippen LogP contribution is 2.07. The molecule has 0 aliphatic carbocycles. The second-order valence-corrected chi connectivity index (χ2v) is 3.93. The molecule has 0 saturated heterocycles. The minimum atomic E-state index is -0.0459. The Morgan fingerprint density at radius 3 is 3.09 bits per heavy atom. The molecule has 0 aliphatic rings. The molecule has 0 unspecified atom stereocenters. The lowest BCUT2D eigenvalue weighted by atomic mass is 10.6. The lowest BCUT2D eigenvalue weighted by Gasteiger charge is -1.94. The van der Waals surface area contributed by atoms with Crippen molar-refractivity contribution in [2.45, 2.75) is 13.5 Å². The molecule has 0 atom stereocenters. The third-order valence-corrected chi connectivity index (χ3v) is 2.39. The minimum absolute atomic E-state index is 0.0459. The molecule has 1 aromatic heterocycles. The summed E-state index contributed by atoms with van der Waals surface area (Å²) in [4.78, 5) is 14.7. The van der Waals surface area contributed by atoms with Gasteiger partial charge in [0.2, 0.25) is 0 Å². The summed E-state index contributed by atoms with van der Waals surface area (Å²) in [5.74, 6) is 0. The van der Waals surface area contributed by atoms with Crippen LogP contribution in [0.2, 0.25) is 0 Å². The van der Waals surface area contributed by atoms with E-state index in [1.54, 1.807) is 33.9 Å². The number of carbonyl (C=O) groups is 1. The highest BCUT2D eigenvalue weighted by atomic mass is 127. The molecule has 0 fully saturated rings. The Morgan fingerprint density at radius 2 is 2.64 bits per heavy atom. The summed E-state index contributed by atoms with van der Waals surface area (Å²) >= 11 is 3.27. The third-order valence-electron chi connectivity index (χ3n) is 1.05. The van der Waals surface area contributed by atoms with Crippen molar-refractivity contribution in [3.8, 4) is 0 Å². The molecular weight excluding hydrogens is 275 g/mol. The van der Waals surface area contributed by atoms with E-state index in [9.17, 15) is 4.79 Å². The molecule has 0 aliphatic heterocycles. The zero-order valence-electron chi connectivity index (χ0n) is 5.93. The Morgan fingerprint density at radius 1 is 1.91 bits per heavy atom. The fourth-order valence-electron chi connectivity index (χ4n) is 0.629. The van der Waals surface area contributed by atoms with Crippen molar-refractivity contribution in [2.24, 2.45) is 0 Å². The zero-order chi connectivity index (χ0) is 8.27. The first-order valence-corrected chi connectivity index (χ1v) is 4.98. The van der Waals surface area contributed by atoms with E-state index < -0.39 is 0 Å². The lowest BCUT2D eigenvalue weighted by Crippen LogP contribution is -2.14. The maximum atomic E-state index is 10.5. The molecule has 60 valence electrons. The van der Waals surface area contributed by atoms with Gasteiger partial charge in [-0.05, 0) is 6.92 Å². The van der Waals surface area contributed by atoms with Crippen LogP contribution in [0.3, 0.4) is 0 Å². The SMILES string of the molecule is Cc1csc(CNC(=O)I)n1. The van der Waals surface area contributed by atoms with E-state index >= 15 is 0 Å². The largest absolute Gasteiger partial charge is 0.341 e. The van der Waals surface area contributed by atoms with Gasteiger partial charge in [-0.2, -0.15) is 0 Å². The summed E-state index contributed by atoms with van der Waals surface area (Å²) < 4.78 is -0.0459. The third kappa shape index (κ3) is 3.15. The standard InChI is InChI=1S/C6H7IN2OS/c1-4-3-11-5(9-4)2-8-6(7)10/h3H,2H2,1H3,(H,8,10). The van der Waals surface area contributed by atoms with Crippen LogP contribution in [-0.4, -0.2) is 8.90 Å². The Bertz CT molecular complexity index is 261. The average molecular weight is 282 g/mol. The molecule has 1 amide bonds. The zero-order valence-corrected chi connectivity index (χ0v) is 8.90. The molecule has 11 heavy (non-hydrogen) atoms. The summed E-state index contributed by atoms with van der Waals surface area (Å²) in [5.41, 5.74) is 1.01. The molecule has 1 N–H and O–H groups in total. The first kappa shape index (κ1) is 8.92. The van der Waals surface area contributed by atoms with Crippen molar-refractivity contribution in [1.82, 2.24) is 10.3 Å². The molecule has 3 nitrogen and oxygen atoms in total. The van der Waals surface area contributed by atoms with Gasteiger partial charge in [-0.15, -0.1) is 11.3 Å². The van der Waals surface area contributed by atoms with E-state index in [1.165, 1.54) is 0 Å². The highest BCUT2D eigenvalue weighted by Gasteiger charge is 1.98. The maximum Gasteiger partial charge on any atom is 0.280 e. The van der Waals surface area contributed by atoms with Crippen LogP contribution in [0, 0.1) is 6.92 Å². The Labute approximate surface area is 82.4 Å². The van der Waals surface area contributed by atoms with Crippen molar-refractivity contribution in [1.29, 1.82) is 0 Å². The second kappa shape index (κ2) is 4.01. The number of thiazole rings is 1. The number of carbonyl (C=O) groups excluding carboxylic acids is 1. The van der Waals surface area contributed by atoms with Gasteiger partial charge in [-0.1, -0.05) is 0 Å². The van der Waals surface area contributed by atoms with Gasteiger partial charge < -0.3 is 5.32 Å². The van der Waals surface area contributed by atoms with E-state index in [4.69, 9.17) is 0 Å². The Hall–Kier alpha value is -0.170. The molecule has 0 saturated carbocycles. The van der Waals surface area contributed by atoms with Gasteiger partial charge in [0.15, 0.2) is 0 Å².